The van der Waals surface area contributed by atoms with E-state index in [1.807, 2.05) is 32.8 Å². The molecule has 0 amide bonds. The van der Waals surface area contributed by atoms with Gasteiger partial charge in [0.25, 0.3) is 0 Å². The van der Waals surface area contributed by atoms with E-state index in [-0.39, 0.29) is 24.3 Å². The Morgan fingerprint density at radius 3 is 2.25 bits per heavy atom. The molecule has 0 aliphatic carbocycles. The molecule has 0 saturated carbocycles. The molecule has 96 valence electrons. The first kappa shape index (κ1) is 15.3. The first-order valence-corrected chi connectivity index (χ1v) is 6.58. The van der Waals surface area contributed by atoms with E-state index in [4.69, 9.17) is 5.11 Å². The van der Waals surface area contributed by atoms with Gasteiger partial charge in [0.2, 0.25) is 10.0 Å². The molecule has 0 aliphatic rings. The summed E-state index contributed by atoms with van der Waals surface area (Å²) in [4.78, 5) is 12.2. The van der Waals surface area contributed by atoms with Crippen molar-refractivity contribution in [3.63, 3.8) is 0 Å². The molecule has 0 heterocycles. The SMILES string of the molecule is CN(C)C(C)(C)CNS(=O)(=O)CCC(=O)O. The highest BCUT2D eigenvalue weighted by Crippen LogP contribution is 2.08. The molecule has 0 aromatic rings. The predicted octanol–water partition coefficient (Wildman–Crippen LogP) is -0.279. The molecule has 0 aliphatic heterocycles. The highest BCUT2D eigenvalue weighted by Gasteiger charge is 2.23. The normalized spacial score (nSPS) is 13.1. The number of nitrogens with one attached hydrogen (secondary N) is 1. The predicted molar refractivity (Wildman–Crippen MR) is 61.8 cm³/mol. The fourth-order valence-corrected chi connectivity index (χ4v) is 1.90. The lowest BCUT2D eigenvalue weighted by atomic mass is 10.1. The number of carbonyl (C=O) groups is 1. The molecule has 16 heavy (non-hydrogen) atoms. The zero-order valence-corrected chi connectivity index (χ0v) is 11.0. The van der Waals surface area contributed by atoms with E-state index >= 15 is 0 Å². The fraction of sp³-hybridized carbons (Fsp3) is 0.889. The minimum absolute atomic E-state index is 0.252. The molecule has 0 saturated heterocycles. The van der Waals surface area contributed by atoms with Gasteiger partial charge in [0.15, 0.2) is 0 Å². The zero-order valence-electron chi connectivity index (χ0n) is 10.1. The maximum atomic E-state index is 11.4. The lowest BCUT2D eigenvalue weighted by Crippen LogP contribution is -2.48. The topological polar surface area (TPSA) is 86.7 Å². The molecular formula is C9H20N2O4S. The van der Waals surface area contributed by atoms with Gasteiger partial charge in [0, 0.05) is 12.1 Å². The Hall–Kier alpha value is -0.660. The summed E-state index contributed by atoms with van der Waals surface area (Å²) in [5, 5.41) is 8.39. The maximum Gasteiger partial charge on any atom is 0.304 e. The van der Waals surface area contributed by atoms with Crippen LogP contribution in [0.1, 0.15) is 20.3 Å². The van der Waals surface area contributed by atoms with Crippen molar-refractivity contribution in [3.8, 4) is 0 Å². The maximum absolute atomic E-state index is 11.4. The van der Waals surface area contributed by atoms with Gasteiger partial charge >= 0.3 is 5.97 Å². The average molecular weight is 252 g/mol. The first-order chi connectivity index (χ1) is 7.07. The number of sulfonamides is 1. The summed E-state index contributed by atoms with van der Waals surface area (Å²) in [6.07, 6.45) is -0.377. The van der Waals surface area contributed by atoms with Crippen molar-refractivity contribution in [1.82, 2.24) is 9.62 Å². The fourth-order valence-electron chi connectivity index (χ4n) is 0.739. The highest BCUT2D eigenvalue weighted by atomic mass is 32.2. The molecule has 0 aromatic heterocycles. The molecule has 2 N–H and O–H groups in total. The number of aliphatic carboxylic acids is 1. The van der Waals surface area contributed by atoms with Crippen molar-refractivity contribution >= 4 is 16.0 Å². The summed E-state index contributed by atoms with van der Waals surface area (Å²) in [6.45, 7) is 4.04. The largest absolute Gasteiger partial charge is 0.481 e. The number of rotatable bonds is 7. The number of carboxylic acids is 1. The van der Waals surface area contributed by atoms with E-state index in [0.29, 0.717) is 0 Å². The van der Waals surface area contributed by atoms with Gasteiger partial charge in [-0.05, 0) is 27.9 Å². The van der Waals surface area contributed by atoms with Crippen LogP contribution < -0.4 is 4.72 Å². The summed E-state index contributed by atoms with van der Waals surface area (Å²) in [6, 6.07) is 0. The van der Waals surface area contributed by atoms with E-state index in [9.17, 15) is 13.2 Å². The molecule has 0 atom stereocenters. The Kier molecular flexibility index (Phi) is 5.37. The summed E-state index contributed by atoms with van der Waals surface area (Å²) < 4.78 is 25.2. The summed E-state index contributed by atoms with van der Waals surface area (Å²) in [5.74, 6) is -1.50. The molecule has 0 radical (unpaired) electrons. The van der Waals surface area contributed by atoms with Gasteiger partial charge < -0.3 is 10.0 Å². The second-order valence-corrected chi connectivity index (χ2v) is 6.42. The second-order valence-electron chi connectivity index (χ2n) is 4.49. The van der Waals surface area contributed by atoms with Crippen LogP contribution in [0.5, 0.6) is 0 Å². The number of nitrogens with zero attached hydrogens (tertiary/aromatic N) is 1. The number of hydrogen-bond acceptors (Lipinski definition) is 4. The van der Waals surface area contributed by atoms with Crippen LogP contribution in [0.15, 0.2) is 0 Å². The third-order valence-electron chi connectivity index (χ3n) is 2.52. The Bertz CT molecular complexity index is 335. The molecule has 7 heteroatoms. The van der Waals surface area contributed by atoms with Gasteiger partial charge in [-0.1, -0.05) is 0 Å². The molecular weight excluding hydrogens is 232 g/mol. The van der Waals surface area contributed by atoms with Crippen molar-refractivity contribution in [2.24, 2.45) is 0 Å². The van der Waals surface area contributed by atoms with E-state index in [0.717, 1.165) is 0 Å². The van der Waals surface area contributed by atoms with Gasteiger partial charge in [-0.2, -0.15) is 0 Å². The molecule has 0 spiro atoms. The first-order valence-electron chi connectivity index (χ1n) is 4.93. The summed E-state index contributed by atoms with van der Waals surface area (Å²) in [7, 11) is 0.205. The van der Waals surface area contributed by atoms with Crippen LogP contribution in [-0.4, -0.2) is 56.3 Å². The second kappa shape index (κ2) is 5.60. The average Bonchev–Trinajstić information content (AvgIpc) is 2.12. The Morgan fingerprint density at radius 2 is 1.88 bits per heavy atom. The van der Waals surface area contributed by atoms with Crippen LogP contribution in [0.2, 0.25) is 0 Å². The summed E-state index contributed by atoms with van der Waals surface area (Å²) >= 11 is 0. The standard InChI is InChI=1S/C9H20N2O4S/c1-9(2,11(3)4)7-10-16(14,15)6-5-8(12)13/h10H,5-7H2,1-4H3,(H,12,13). The van der Waals surface area contributed by atoms with E-state index in [1.165, 1.54) is 0 Å². The minimum atomic E-state index is -3.50. The molecule has 6 nitrogen and oxygen atoms in total. The van der Waals surface area contributed by atoms with Gasteiger partial charge in [-0.3, -0.25) is 4.79 Å². The van der Waals surface area contributed by atoms with Crippen molar-refractivity contribution in [3.05, 3.63) is 0 Å². The molecule has 0 unspecified atom stereocenters. The number of likely N-dealkylation sites (N-methyl/N-ethyl adjacent to an activating group) is 1. The zero-order chi connectivity index (χ0) is 13.0. The quantitative estimate of drug-likeness (QED) is 0.651. The van der Waals surface area contributed by atoms with Gasteiger partial charge in [-0.15, -0.1) is 0 Å². The van der Waals surface area contributed by atoms with Crippen molar-refractivity contribution in [2.45, 2.75) is 25.8 Å². The minimum Gasteiger partial charge on any atom is -0.481 e. The van der Waals surface area contributed by atoms with Crippen LogP contribution >= 0.6 is 0 Å². The van der Waals surface area contributed by atoms with Gasteiger partial charge in [0.05, 0.1) is 12.2 Å². The van der Waals surface area contributed by atoms with Crippen molar-refractivity contribution < 1.29 is 18.3 Å². The van der Waals surface area contributed by atoms with E-state index < -0.39 is 16.0 Å². The Labute approximate surface area is 96.7 Å². The molecule has 0 rings (SSSR count). The molecule has 0 fully saturated rings. The summed E-state index contributed by atoms with van der Waals surface area (Å²) in [5.41, 5.74) is -0.309. The van der Waals surface area contributed by atoms with Crippen LogP contribution in [0.25, 0.3) is 0 Å². The van der Waals surface area contributed by atoms with E-state index in [1.54, 1.807) is 0 Å². The molecule has 0 bridgehead atoms. The lowest BCUT2D eigenvalue weighted by molar-refractivity contribution is -0.136. The van der Waals surface area contributed by atoms with Crippen LogP contribution in [0.3, 0.4) is 0 Å². The number of carboxylic acid groups (broad SMARTS) is 1. The van der Waals surface area contributed by atoms with Gasteiger partial charge in [-0.25, -0.2) is 13.1 Å². The van der Waals surface area contributed by atoms with Crippen LogP contribution in [-0.2, 0) is 14.8 Å². The number of hydrogen-bond donors (Lipinski definition) is 2. The van der Waals surface area contributed by atoms with E-state index in [2.05, 4.69) is 4.72 Å². The van der Waals surface area contributed by atoms with Crippen molar-refractivity contribution in [1.29, 1.82) is 0 Å². The van der Waals surface area contributed by atoms with Crippen LogP contribution in [0, 0.1) is 0 Å². The monoisotopic (exact) mass is 252 g/mol. The lowest BCUT2D eigenvalue weighted by Gasteiger charge is -2.32. The third kappa shape index (κ3) is 6.04. The Morgan fingerprint density at radius 1 is 1.38 bits per heavy atom. The highest BCUT2D eigenvalue weighted by molar-refractivity contribution is 7.89. The van der Waals surface area contributed by atoms with Crippen molar-refractivity contribution in [2.75, 3.05) is 26.4 Å². The third-order valence-corrected chi connectivity index (χ3v) is 3.85. The van der Waals surface area contributed by atoms with Gasteiger partial charge in [0.1, 0.15) is 0 Å². The van der Waals surface area contributed by atoms with Crippen LogP contribution in [0.4, 0.5) is 0 Å². The smallest absolute Gasteiger partial charge is 0.304 e. The Balaban J connectivity index is 4.24. The molecule has 0 aromatic carbocycles.